The summed E-state index contributed by atoms with van der Waals surface area (Å²) in [5, 5.41) is 14.5. The van der Waals surface area contributed by atoms with Gasteiger partial charge in [0.05, 0.1) is 19.3 Å². The van der Waals surface area contributed by atoms with Crippen molar-refractivity contribution in [3.05, 3.63) is 24.3 Å². The smallest absolute Gasteiger partial charge is 0.326 e. The first-order valence-corrected chi connectivity index (χ1v) is 6.83. The lowest BCUT2D eigenvalue weighted by molar-refractivity contribution is -0.142. The topological polar surface area (TPSA) is 87.7 Å². The number of benzene rings is 1. The summed E-state index contributed by atoms with van der Waals surface area (Å²) < 4.78 is 5.16. The molecule has 6 heteroatoms. The van der Waals surface area contributed by atoms with E-state index in [2.05, 4.69) is 10.6 Å². The minimum absolute atomic E-state index is 0.0117. The van der Waals surface area contributed by atoms with Crippen LogP contribution < -0.4 is 15.4 Å². The Morgan fingerprint density at radius 1 is 1.29 bits per heavy atom. The normalized spacial score (nSPS) is 11.8. The number of amides is 1. The molecule has 1 aromatic carbocycles. The summed E-state index contributed by atoms with van der Waals surface area (Å²) in [6.07, 6.45) is 0.399. The summed E-state index contributed by atoms with van der Waals surface area (Å²) in [4.78, 5) is 22.9. The second-order valence-corrected chi connectivity index (χ2v) is 5.14. The zero-order valence-corrected chi connectivity index (χ0v) is 12.6. The number of methoxy groups -OCH3 is 1. The number of nitrogens with one attached hydrogen (secondary N) is 2. The number of ether oxygens (including phenoxy) is 1. The van der Waals surface area contributed by atoms with Gasteiger partial charge in [-0.1, -0.05) is 26.0 Å². The molecule has 116 valence electrons. The summed E-state index contributed by atoms with van der Waals surface area (Å²) in [5.41, 5.74) is 0.686. The van der Waals surface area contributed by atoms with E-state index in [1.165, 1.54) is 0 Å². The maximum absolute atomic E-state index is 11.8. The Morgan fingerprint density at radius 2 is 1.95 bits per heavy atom. The molecule has 0 aliphatic carbocycles. The SMILES string of the molecule is COc1ccccc1NCC(=O)N[C@H](CC(C)C)C(=O)O. The van der Waals surface area contributed by atoms with Crippen molar-refractivity contribution >= 4 is 17.6 Å². The summed E-state index contributed by atoms with van der Waals surface area (Å²) in [6.45, 7) is 3.81. The molecule has 3 N–H and O–H groups in total. The third-order valence-electron chi connectivity index (χ3n) is 2.89. The molecule has 1 amide bonds. The highest BCUT2D eigenvalue weighted by molar-refractivity contribution is 5.86. The summed E-state index contributed by atoms with van der Waals surface area (Å²) >= 11 is 0. The first-order valence-electron chi connectivity index (χ1n) is 6.83. The molecule has 1 aromatic rings. The van der Waals surface area contributed by atoms with Gasteiger partial charge in [-0.05, 0) is 24.5 Å². The lowest BCUT2D eigenvalue weighted by Crippen LogP contribution is -2.44. The van der Waals surface area contributed by atoms with Crippen LogP contribution in [-0.4, -0.2) is 36.7 Å². The average molecular weight is 294 g/mol. The molecular weight excluding hydrogens is 272 g/mol. The van der Waals surface area contributed by atoms with Gasteiger partial charge in [0.1, 0.15) is 11.8 Å². The number of anilines is 1. The van der Waals surface area contributed by atoms with E-state index in [9.17, 15) is 9.59 Å². The molecule has 21 heavy (non-hydrogen) atoms. The second-order valence-electron chi connectivity index (χ2n) is 5.14. The monoisotopic (exact) mass is 294 g/mol. The Hall–Kier alpha value is -2.24. The van der Waals surface area contributed by atoms with E-state index in [1.807, 2.05) is 26.0 Å². The summed E-state index contributed by atoms with van der Waals surface area (Å²) in [7, 11) is 1.55. The van der Waals surface area contributed by atoms with Crippen LogP contribution in [0.25, 0.3) is 0 Å². The van der Waals surface area contributed by atoms with Crippen LogP contribution in [0.1, 0.15) is 20.3 Å². The Balaban J connectivity index is 2.54. The van der Waals surface area contributed by atoms with Gasteiger partial charge in [0.25, 0.3) is 0 Å². The third-order valence-corrected chi connectivity index (χ3v) is 2.89. The summed E-state index contributed by atoms with van der Waals surface area (Å²) in [5.74, 6) is -0.570. The number of carboxylic acids is 1. The Kier molecular flexibility index (Phi) is 6.52. The van der Waals surface area contributed by atoms with Gasteiger partial charge in [0.2, 0.25) is 5.91 Å². The van der Waals surface area contributed by atoms with Crippen molar-refractivity contribution in [1.82, 2.24) is 5.32 Å². The molecular formula is C15H22N2O4. The number of carbonyl (C=O) groups is 2. The van der Waals surface area contributed by atoms with Crippen molar-refractivity contribution in [3.8, 4) is 5.75 Å². The van der Waals surface area contributed by atoms with Crippen LogP contribution in [0.4, 0.5) is 5.69 Å². The van der Waals surface area contributed by atoms with Crippen LogP contribution in [0.5, 0.6) is 5.75 Å². The van der Waals surface area contributed by atoms with Gasteiger partial charge in [-0.15, -0.1) is 0 Å². The minimum Gasteiger partial charge on any atom is -0.495 e. The van der Waals surface area contributed by atoms with E-state index in [1.54, 1.807) is 19.2 Å². The molecule has 1 atom stereocenters. The van der Waals surface area contributed by atoms with Crippen molar-refractivity contribution in [2.24, 2.45) is 5.92 Å². The van der Waals surface area contributed by atoms with Gasteiger partial charge >= 0.3 is 5.97 Å². The van der Waals surface area contributed by atoms with Crippen LogP contribution in [0.3, 0.4) is 0 Å². The molecule has 0 heterocycles. The molecule has 0 aliphatic rings. The van der Waals surface area contributed by atoms with Crippen LogP contribution in [0, 0.1) is 5.92 Å². The van der Waals surface area contributed by atoms with Gasteiger partial charge in [0.15, 0.2) is 0 Å². The van der Waals surface area contributed by atoms with E-state index in [0.717, 1.165) is 0 Å². The fourth-order valence-electron chi connectivity index (χ4n) is 1.90. The molecule has 0 unspecified atom stereocenters. The number of hydrogen-bond donors (Lipinski definition) is 3. The second kappa shape index (κ2) is 8.14. The van der Waals surface area contributed by atoms with Crippen LogP contribution in [0.2, 0.25) is 0 Å². The standard InChI is InChI=1S/C15H22N2O4/c1-10(2)8-12(15(19)20)17-14(18)9-16-11-6-4-5-7-13(11)21-3/h4-7,10,12,16H,8-9H2,1-3H3,(H,17,18)(H,19,20)/t12-/m1/s1. The highest BCUT2D eigenvalue weighted by Gasteiger charge is 2.20. The zero-order chi connectivity index (χ0) is 15.8. The highest BCUT2D eigenvalue weighted by Crippen LogP contribution is 2.22. The molecule has 0 bridgehead atoms. The summed E-state index contributed by atoms with van der Waals surface area (Å²) in [6, 6.07) is 6.35. The largest absolute Gasteiger partial charge is 0.495 e. The number of aliphatic carboxylic acids is 1. The van der Waals surface area contributed by atoms with E-state index in [0.29, 0.717) is 17.9 Å². The van der Waals surface area contributed by atoms with Gasteiger partial charge in [-0.3, -0.25) is 4.79 Å². The van der Waals surface area contributed by atoms with E-state index in [-0.39, 0.29) is 18.4 Å². The predicted molar refractivity (Wildman–Crippen MR) is 80.5 cm³/mol. The minimum atomic E-state index is -1.02. The number of carbonyl (C=O) groups excluding carboxylic acids is 1. The molecule has 1 rings (SSSR count). The highest BCUT2D eigenvalue weighted by atomic mass is 16.5. The predicted octanol–water partition coefficient (Wildman–Crippen LogP) is 1.72. The van der Waals surface area contributed by atoms with E-state index in [4.69, 9.17) is 9.84 Å². The van der Waals surface area contributed by atoms with Gasteiger partial charge in [-0.25, -0.2) is 4.79 Å². The number of para-hydroxylation sites is 2. The van der Waals surface area contributed by atoms with Crippen molar-refractivity contribution in [2.45, 2.75) is 26.3 Å². The van der Waals surface area contributed by atoms with Crippen molar-refractivity contribution in [1.29, 1.82) is 0 Å². The molecule has 0 saturated heterocycles. The lowest BCUT2D eigenvalue weighted by Gasteiger charge is -2.17. The maximum atomic E-state index is 11.8. The number of rotatable bonds is 8. The van der Waals surface area contributed by atoms with Gasteiger partial charge < -0.3 is 20.5 Å². The Morgan fingerprint density at radius 3 is 2.52 bits per heavy atom. The molecule has 0 aromatic heterocycles. The maximum Gasteiger partial charge on any atom is 0.326 e. The van der Waals surface area contributed by atoms with Gasteiger partial charge in [0, 0.05) is 0 Å². The van der Waals surface area contributed by atoms with Crippen molar-refractivity contribution in [3.63, 3.8) is 0 Å². The number of hydrogen-bond acceptors (Lipinski definition) is 4. The number of carboxylic acid groups (broad SMARTS) is 1. The van der Waals surface area contributed by atoms with Crippen LogP contribution in [0.15, 0.2) is 24.3 Å². The van der Waals surface area contributed by atoms with Crippen LogP contribution >= 0.6 is 0 Å². The molecule has 0 radical (unpaired) electrons. The fourth-order valence-corrected chi connectivity index (χ4v) is 1.90. The molecule has 0 aliphatic heterocycles. The van der Waals surface area contributed by atoms with Crippen molar-refractivity contribution < 1.29 is 19.4 Å². The first-order chi connectivity index (χ1) is 9.93. The molecule has 0 spiro atoms. The molecule has 6 nitrogen and oxygen atoms in total. The van der Waals surface area contributed by atoms with Gasteiger partial charge in [-0.2, -0.15) is 0 Å². The molecule has 0 fully saturated rings. The van der Waals surface area contributed by atoms with E-state index < -0.39 is 12.0 Å². The average Bonchev–Trinajstić information content (AvgIpc) is 2.44. The Bertz CT molecular complexity index is 488. The van der Waals surface area contributed by atoms with E-state index >= 15 is 0 Å². The quantitative estimate of drug-likeness (QED) is 0.679. The van der Waals surface area contributed by atoms with Crippen LogP contribution in [-0.2, 0) is 9.59 Å². The zero-order valence-electron chi connectivity index (χ0n) is 12.6. The first kappa shape index (κ1) is 16.8. The third kappa shape index (κ3) is 5.72. The van der Waals surface area contributed by atoms with Crippen molar-refractivity contribution in [2.75, 3.05) is 19.0 Å². The lowest BCUT2D eigenvalue weighted by atomic mass is 10.0. The fraction of sp³-hybridized carbons (Fsp3) is 0.467. The molecule has 0 saturated carbocycles. The Labute approximate surface area is 124 Å².